The number of nitrogens with two attached hydrogens (primary N) is 1. The molecule has 22 heavy (non-hydrogen) atoms. The molecule has 0 unspecified atom stereocenters. The Balaban J connectivity index is 2.13. The van der Waals surface area contributed by atoms with E-state index in [1.165, 1.54) is 38.2 Å². The third-order valence-corrected chi connectivity index (χ3v) is 5.38. The summed E-state index contributed by atoms with van der Waals surface area (Å²) in [5.74, 6) is 0. The van der Waals surface area contributed by atoms with Gasteiger partial charge in [-0.05, 0) is 79.4 Å². The summed E-state index contributed by atoms with van der Waals surface area (Å²) in [5, 5.41) is 3.57. The zero-order valence-corrected chi connectivity index (χ0v) is 14.2. The van der Waals surface area contributed by atoms with Gasteiger partial charge in [0.05, 0.1) is 10.6 Å². The minimum atomic E-state index is 0.774. The quantitative estimate of drug-likeness (QED) is 0.615. The fourth-order valence-electron chi connectivity index (χ4n) is 3.04. The summed E-state index contributed by atoms with van der Waals surface area (Å²) in [4.78, 5) is 5.04. The van der Waals surface area contributed by atoms with Crippen LogP contribution < -0.4 is 5.73 Å². The van der Waals surface area contributed by atoms with Gasteiger partial charge in [-0.2, -0.15) is 0 Å². The molecule has 0 radical (unpaired) electrons. The van der Waals surface area contributed by atoms with Crippen molar-refractivity contribution in [1.29, 1.82) is 0 Å². The number of aromatic nitrogens is 1. The topological polar surface area (TPSA) is 41.8 Å². The van der Waals surface area contributed by atoms with Gasteiger partial charge in [0.1, 0.15) is 0 Å². The predicted octanol–water partition coefficient (Wildman–Crippen LogP) is 5.05. The maximum absolute atomic E-state index is 5.68. The molecule has 0 aliphatic carbocycles. The first-order chi connectivity index (χ1) is 10.7. The van der Waals surface area contributed by atoms with Crippen LogP contribution in [0.1, 0.15) is 36.5 Å². The summed E-state index contributed by atoms with van der Waals surface area (Å²) in [6, 6.07) is 9.02. The van der Waals surface area contributed by atoms with Gasteiger partial charge in [0.25, 0.3) is 0 Å². The van der Waals surface area contributed by atoms with Crippen molar-refractivity contribution in [3.05, 3.63) is 46.3 Å². The number of fused-ring (bicyclic) bond motifs is 1. The highest BCUT2D eigenvalue weighted by Crippen LogP contribution is 2.36. The lowest BCUT2D eigenvalue weighted by Crippen LogP contribution is -1.99. The summed E-state index contributed by atoms with van der Waals surface area (Å²) in [5.41, 5.74) is 12.5. The molecule has 2 heterocycles. The van der Waals surface area contributed by atoms with Gasteiger partial charge in [-0.3, -0.25) is 0 Å². The molecule has 3 N–H and O–H groups in total. The van der Waals surface area contributed by atoms with Gasteiger partial charge in [-0.15, -0.1) is 11.3 Å². The minimum absolute atomic E-state index is 0.774. The highest BCUT2D eigenvalue weighted by Gasteiger charge is 2.15. The number of hydrogen-bond acceptors (Lipinski definition) is 2. The summed E-state index contributed by atoms with van der Waals surface area (Å²) < 4.78 is 0. The van der Waals surface area contributed by atoms with Crippen LogP contribution in [0.4, 0.5) is 0 Å². The molecule has 3 rings (SSSR count). The molecule has 0 aliphatic rings. The average Bonchev–Trinajstić information content (AvgIpc) is 3.10. The number of aromatic amines is 1. The third kappa shape index (κ3) is 2.83. The van der Waals surface area contributed by atoms with Gasteiger partial charge in [-0.1, -0.05) is 13.0 Å². The summed E-state index contributed by atoms with van der Waals surface area (Å²) in [7, 11) is 0. The van der Waals surface area contributed by atoms with Gasteiger partial charge in [0, 0.05) is 10.9 Å². The molecule has 0 saturated carbocycles. The highest BCUT2D eigenvalue weighted by atomic mass is 32.1. The molecule has 116 valence electrons. The van der Waals surface area contributed by atoms with E-state index < -0.39 is 0 Å². The van der Waals surface area contributed by atoms with E-state index in [2.05, 4.69) is 48.5 Å². The number of thiophene rings is 1. The fourth-order valence-corrected chi connectivity index (χ4v) is 4.00. The number of benzene rings is 1. The summed E-state index contributed by atoms with van der Waals surface area (Å²) >= 11 is 1.83. The molecular weight excluding hydrogens is 288 g/mol. The number of H-pyrrole nitrogens is 1. The van der Waals surface area contributed by atoms with Crippen LogP contribution in [0.15, 0.2) is 29.6 Å². The van der Waals surface area contributed by atoms with Crippen molar-refractivity contribution in [2.75, 3.05) is 6.54 Å². The van der Waals surface area contributed by atoms with Gasteiger partial charge >= 0.3 is 0 Å². The third-order valence-electron chi connectivity index (χ3n) is 4.35. The van der Waals surface area contributed by atoms with Crippen LogP contribution in [0.25, 0.3) is 21.5 Å². The van der Waals surface area contributed by atoms with Crippen molar-refractivity contribution in [1.82, 2.24) is 4.98 Å². The van der Waals surface area contributed by atoms with Crippen molar-refractivity contribution < 1.29 is 0 Å². The van der Waals surface area contributed by atoms with Crippen molar-refractivity contribution in [3.8, 4) is 10.6 Å². The molecule has 1 aromatic carbocycles. The van der Waals surface area contributed by atoms with Crippen LogP contribution in [0.3, 0.4) is 0 Å². The van der Waals surface area contributed by atoms with E-state index in [1.807, 2.05) is 11.3 Å². The van der Waals surface area contributed by atoms with Crippen molar-refractivity contribution in [2.45, 2.75) is 39.5 Å². The average molecular weight is 312 g/mol. The van der Waals surface area contributed by atoms with E-state index in [0.717, 1.165) is 32.2 Å². The fraction of sp³-hybridized carbons (Fsp3) is 0.368. The lowest BCUT2D eigenvalue weighted by Gasteiger charge is -2.05. The Morgan fingerprint density at radius 3 is 2.73 bits per heavy atom. The normalized spacial score (nSPS) is 11.4. The van der Waals surface area contributed by atoms with Crippen LogP contribution in [0, 0.1) is 6.92 Å². The number of nitrogens with one attached hydrogen (secondary N) is 1. The van der Waals surface area contributed by atoms with E-state index in [9.17, 15) is 0 Å². The molecule has 3 aromatic rings. The first kappa shape index (κ1) is 15.3. The Morgan fingerprint density at radius 2 is 2.05 bits per heavy atom. The van der Waals surface area contributed by atoms with Crippen LogP contribution in [0.5, 0.6) is 0 Å². The standard InChI is InChI=1S/C19H24N2S/c1-3-14-7-8-17-16(12-14)15(6-4-5-10-20)18(21-17)19-13(2)9-11-22-19/h7-9,11-12,21H,3-6,10,20H2,1-2H3. The molecular formula is C19H24N2S. The van der Waals surface area contributed by atoms with E-state index in [1.54, 1.807) is 0 Å². The minimum Gasteiger partial charge on any atom is -0.354 e. The smallest absolute Gasteiger partial charge is 0.0601 e. The van der Waals surface area contributed by atoms with Gasteiger partial charge in [-0.25, -0.2) is 0 Å². The van der Waals surface area contributed by atoms with Crippen LogP contribution >= 0.6 is 11.3 Å². The van der Waals surface area contributed by atoms with E-state index in [-0.39, 0.29) is 0 Å². The predicted molar refractivity (Wildman–Crippen MR) is 97.7 cm³/mol. The number of rotatable bonds is 6. The monoisotopic (exact) mass is 312 g/mol. The molecule has 2 nitrogen and oxygen atoms in total. The maximum Gasteiger partial charge on any atom is 0.0601 e. The zero-order valence-electron chi connectivity index (χ0n) is 13.4. The number of aryl methyl sites for hydroxylation is 3. The number of unbranched alkanes of at least 4 members (excludes halogenated alkanes) is 1. The lowest BCUT2D eigenvalue weighted by molar-refractivity contribution is 0.748. The van der Waals surface area contributed by atoms with E-state index >= 15 is 0 Å². The Kier molecular flexibility index (Phi) is 4.65. The highest BCUT2D eigenvalue weighted by molar-refractivity contribution is 7.13. The molecule has 0 atom stereocenters. The molecule has 0 amide bonds. The Hall–Kier alpha value is -1.58. The van der Waals surface area contributed by atoms with Gasteiger partial charge in [0.15, 0.2) is 0 Å². The van der Waals surface area contributed by atoms with Gasteiger partial charge < -0.3 is 10.7 Å². The lowest BCUT2D eigenvalue weighted by atomic mass is 10.0. The largest absolute Gasteiger partial charge is 0.354 e. The SMILES string of the molecule is CCc1ccc2[nH]c(-c3sccc3C)c(CCCCN)c2c1. The first-order valence-electron chi connectivity index (χ1n) is 8.12. The summed E-state index contributed by atoms with van der Waals surface area (Å²) in [6.07, 6.45) is 4.41. The second-order valence-corrected chi connectivity index (χ2v) is 6.81. The van der Waals surface area contributed by atoms with Crippen molar-refractivity contribution >= 4 is 22.2 Å². The van der Waals surface area contributed by atoms with Crippen LogP contribution in [0.2, 0.25) is 0 Å². The van der Waals surface area contributed by atoms with Crippen molar-refractivity contribution in [2.24, 2.45) is 5.73 Å². The molecule has 0 aliphatic heterocycles. The second kappa shape index (κ2) is 6.67. The summed E-state index contributed by atoms with van der Waals surface area (Å²) in [6.45, 7) is 5.18. The number of hydrogen-bond donors (Lipinski definition) is 2. The first-order valence-corrected chi connectivity index (χ1v) is 9.00. The molecule has 2 aromatic heterocycles. The second-order valence-electron chi connectivity index (χ2n) is 5.89. The molecule has 0 fully saturated rings. The molecule has 0 bridgehead atoms. The Labute approximate surface area is 136 Å². The molecule has 0 saturated heterocycles. The Bertz CT molecular complexity index is 767. The van der Waals surface area contributed by atoms with Crippen molar-refractivity contribution in [3.63, 3.8) is 0 Å². The zero-order chi connectivity index (χ0) is 15.5. The van der Waals surface area contributed by atoms with E-state index in [0.29, 0.717) is 0 Å². The van der Waals surface area contributed by atoms with Crippen LogP contribution in [-0.2, 0) is 12.8 Å². The molecule has 0 spiro atoms. The molecule has 3 heteroatoms. The van der Waals surface area contributed by atoms with E-state index in [4.69, 9.17) is 5.73 Å². The maximum atomic E-state index is 5.68. The van der Waals surface area contributed by atoms with Crippen LogP contribution in [-0.4, -0.2) is 11.5 Å². The Morgan fingerprint density at radius 1 is 1.18 bits per heavy atom. The van der Waals surface area contributed by atoms with Gasteiger partial charge in [0.2, 0.25) is 0 Å².